The Labute approximate surface area is 151 Å². The maximum absolute atomic E-state index is 14.6. The molecule has 0 saturated heterocycles. The Morgan fingerprint density at radius 1 is 0.962 bits per heavy atom. The van der Waals surface area contributed by atoms with Gasteiger partial charge in [-0.3, -0.25) is 9.38 Å². The second-order valence-corrected chi connectivity index (χ2v) is 6.44. The van der Waals surface area contributed by atoms with Crippen LogP contribution in [0.5, 0.6) is 0 Å². The Bertz CT molecular complexity index is 1070. The molecule has 0 spiro atoms. The van der Waals surface area contributed by atoms with E-state index in [1.807, 2.05) is 55.6 Å². The third kappa shape index (κ3) is 2.62. The Kier molecular flexibility index (Phi) is 3.92. The van der Waals surface area contributed by atoms with E-state index in [9.17, 15) is 4.39 Å². The molecule has 4 rings (SSSR count). The lowest BCUT2D eigenvalue weighted by atomic mass is 10.0. The van der Waals surface area contributed by atoms with Crippen LogP contribution < -0.4 is 5.32 Å². The standard InChI is InChI=1S/C21H19FN4/c1-13-6-5-9-16(22)18(13)20-21(26-11-10-23-12-17(26)24-20)25-19-14(2)7-4-8-15(19)3/h4-12,25H,1-3H3. The number of rotatable bonds is 3. The van der Waals surface area contributed by atoms with E-state index in [1.54, 1.807) is 18.5 Å². The molecule has 26 heavy (non-hydrogen) atoms. The van der Waals surface area contributed by atoms with Crippen molar-refractivity contribution < 1.29 is 4.39 Å². The molecular weight excluding hydrogens is 327 g/mol. The average Bonchev–Trinajstić information content (AvgIpc) is 2.96. The van der Waals surface area contributed by atoms with E-state index >= 15 is 0 Å². The highest BCUT2D eigenvalue weighted by atomic mass is 19.1. The molecule has 2 aromatic carbocycles. The lowest BCUT2D eigenvalue weighted by Gasteiger charge is -2.14. The summed E-state index contributed by atoms with van der Waals surface area (Å²) in [5.74, 6) is 0.443. The molecule has 4 aromatic rings. The van der Waals surface area contributed by atoms with Crippen LogP contribution in [-0.2, 0) is 0 Å². The summed E-state index contributed by atoms with van der Waals surface area (Å²) in [6, 6.07) is 11.2. The molecule has 2 aromatic heterocycles. The molecule has 0 aliphatic rings. The van der Waals surface area contributed by atoms with Crippen LogP contribution in [0.15, 0.2) is 55.0 Å². The van der Waals surface area contributed by atoms with Crippen molar-refractivity contribution in [3.63, 3.8) is 0 Å². The molecule has 0 atom stereocenters. The summed E-state index contributed by atoms with van der Waals surface area (Å²) in [5, 5.41) is 3.49. The third-order valence-electron chi connectivity index (χ3n) is 4.61. The Morgan fingerprint density at radius 2 is 1.65 bits per heavy atom. The Morgan fingerprint density at radius 3 is 2.38 bits per heavy atom. The minimum Gasteiger partial charge on any atom is -0.339 e. The van der Waals surface area contributed by atoms with E-state index < -0.39 is 0 Å². The van der Waals surface area contributed by atoms with Crippen molar-refractivity contribution in [2.45, 2.75) is 20.8 Å². The minimum absolute atomic E-state index is 0.286. The van der Waals surface area contributed by atoms with Gasteiger partial charge in [-0.1, -0.05) is 30.3 Å². The molecule has 5 heteroatoms. The van der Waals surface area contributed by atoms with E-state index in [0.717, 1.165) is 28.2 Å². The smallest absolute Gasteiger partial charge is 0.157 e. The zero-order valence-electron chi connectivity index (χ0n) is 14.9. The number of aromatic nitrogens is 3. The summed E-state index contributed by atoms with van der Waals surface area (Å²) in [4.78, 5) is 8.80. The monoisotopic (exact) mass is 346 g/mol. The van der Waals surface area contributed by atoms with Crippen molar-refractivity contribution in [1.82, 2.24) is 14.4 Å². The normalized spacial score (nSPS) is 11.1. The van der Waals surface area contributed by atoms with E-state index in [1.165, 1.54) is 6.07 Å². The fourth-order valence-electron chi connectivity index (χ4n) is 3.26. The van der Waals surface area contributed by atoms with Crippen LogP contribution >= 0.6 is 0 Å². The molecule has 130 valence electrons. The zero-order valence-corrected chi connectivity index (χ0v) is 14.9. The van der Waals surface area contributed by atoms with Crippen LogP contribution in [0.3, 0.4) is 0 Å². The molecule has 0 aliphatic heterocycles. The quantitative estimate of drug-likeness (QED) is 0.554. The van der Waals surface area contributed by atoms with Gasteiger partial charge in [0.15, 0.2) is 5.65 Å². The van der Waals surface area contributed by atoms with E-state index in [-0.39, 0.29) is 5.82 Å². The van der Waals surface area contributed by atoms with Crippen LogP contribution in [0.25, 0.3) is 16.9 Å². The summed E-state index contributed by atoms with van der Waals surface area (Å²) in [6.45, 7) is 5.99. The summed E-state index contributed by atoms with van der Waals surface area (Å²) in [5.41, 5.74) is 5.82. The molecule has 0 unspecified atom stereocenters. The molecule has 0 radical (unpaired) electrons. The molecule has 0 saturated carbocycles. The SMILES string of the molecule is Cc1cccc(C)c1Nc1c(-c2c(C)cccc2F)nc2cnccn12. The summed E-state index contributed by atoms with van der Waals surface area (Å²) < 4.78 is 16.6. The van der Waals surface area contributed by atoms with Crippen molar-refractivity contribution in [3.05, 3.63) is 77.5 Å². The molecule has 4 nitrogen and oxygen atoms in total. The Balaban J connectivity index is 1.99. The summed E-state index contributed by atoms with van der Waals surface area (Å²) in [7, 11) is 0. The van der Waals surface area contributed by atoms with Gasteiger partial charge in [-0.2, -0.15) is 0 Å². The van der Waals surface area contributed by atoms with E-state index in [4.69, 9.17) is 0 Å². The first-order valence-electron chi connectivity index (χ1n) is 8.47. The number of fused-ring (bicyclic) bond motifs is 1. The van der Waals surface area contributed by atoms with Gasteiger partial charge in [0.1, 0.15) is 17.3 Å². The number of hydrogen-bond acceptors (Lipinski definition) is 3. The molecule has 0 bridgehead atoms. The maximum Gasteiger partial charge on any atom is 0.157 e. The summed E-state index contributed by atoms with van der Waals surface area (Å²) in [6.07, 6.45) is 5.20. The Hall–Kier alpha value is -3.21. The fraction of sp³-hybridized carbons (Fsp3) is 0.143. The van der Waals surface area contributed by atoms with Crippen molar-refractivity contribution in [1.29, 1.82) is 0 Å². The van der Waals surface area contributed by atoms with Crippen molar-refractivity contribution >= 4 is 17.2 Å². The number of para-hydroxylation sites is 1. The van der Waals surface area contributed by atoms with Gasteiger partial charge >= 0.3 is 0 Å². The predicted octanol–water partition coefficient (Wildman–Crippen LogP) is 5.20. The van der Waals surface area contributed by atoms with E-state index in [0.29, 0.717) is 16.9 Å². The molecular formula is C21H19FN4. The first kappa shape index (κ1) is 16.3. The predicted molar refractivity (Wildman–Crippen MR) is 102 cm³/mol. The van der Waals surface area contributed by atoms with Gasteiger partial charge in [-0.05, 0) is 43.5 Å². The zero-order chi connectivity index (χ0) is 18.3. The van der Waals surface area contributed by atoms with Crippen LogP contribution in [0.2, 0.25) is 0 Å². The maximum atomic E-state index is 14.6. The fourth-order valence-corrected chi connectivity index (χ4v) is 3.26. The van der Waals surface area contributed by atoms with Crippen molar-refractivity contribution in [2.75, 3.05) is 5.32 Å². The molecule has 0 fully saturated rings. The number of halogens is 1. The first-order valence-corrected chi connectivity index (χ1v) is 8.47. The lowest BCUT2D eigenvalue weighted by molar-refractivity contribution is 0.630. The number of imidazole rings is 1. The number of anilines is 2. The van der Waals surface area contributed by atoms with Gasteiger partial charge in [-0.25, -0.2) is 9.37 Å². The van der Waals surface area contributed by atoms with Crippen molar-refractivity contribution in [3.8, 4) is 11.3 Å². The molecule has 2 heterocycles. The number of nitrogens with zero attached hydrogens (tertiary/aromatic N) is 3. The van der Waals surface area contributed by atoms with Crippen LogP contribution in [0, 0.1) is 26.6 Å². The highest BCUT2D eigenvalue weighted by Gasteiger charge is 2.20. The second kappa shape index (κ2) is 6.26. The highest BCUT2D eigenvalue weighted by molar-refractivity contribution is 5.82. The number of nitrogens with one attached hydrogen (secondary N) is 1. The van der Waals surface area contributed by atoms with Gasteiger partial charge in [-0.15, -0.1) is 0 Å². The second-order valence-electron chi connectivity index (χ2n) is 6.44. The number of hydrogen-bond donors (Lipinski definition) is 1. The van der Waals surface area contributed by atoms with Crippen molar-refractivity contribution in [2.24, 2.45) is 0 Å². The van der Waals surface area contributed by atoms with Gasteiger partial charge in [0.25, 0.3) is 0 Å². The highest BCUT2D eigenvalue weighted by Crippen LogP contribution is 2.35. The first-order chi connectivity index (χ1) is 12.6. The number of benzene rings is 2. The topological polar surface area (TPSA) is 42.2 Å². The minimum atomic E-state index is -0.286. The van der Waals surface area contributed by atoms with Gasteiger partial charge in [0.2, 0.25) is 0 Å². The third-order valence-corrected chi connectivity index (χ3v) is 4.61. The largest absolute Gasteiger partial charge is 0.339 e. The van der Waals surface area contributed by atoms with Gasteiger partial charge in [0.05, 0.1) is 6.20 Å². The number of aryl methyl sites for hydroxylation is 3. The summed E-state index contributed by atoms with van der Waals surface area (Å²) >= 11 is 0. The molecule has 0 aliphatic carbocycles. The lowest BCUT2D eigenvalue weighted by Crippen LogP contribution is -2.01. The van der Waals surface area contributed by atoms with E-state index in [2.05, 4.69) is 15.3 Å². The molecule has 1 N–H and O–H groups in total. The van der Waals surface area contributed by atoms with Gasteiger partial charge in [0, 0.05) is 23.6 Å². The van der Waals surface area contributed by atoms with Crippen LogP contribution in [-0.4, -0.2) is 14.4 Å². The van der Waals surface area contributed by atoms with Crippen LogP contribution in [0.4, 0.5) is 15.9 Å². The van der Waals surface area contributed by atoms with Gasteiger partial charge < -0.3 is 5.32 Å². The van der Waals surface area contributed by atoms with Crippen LogP contribution in [0.1, 0.15) is 16.7 Å². The molecule has 0 amide bonds. The average molecular weight is 346 g/mol.